The van der Waals surface area contributed by atoms with Gasteiger partial charge in [0.2, 0.25) is 0 Å². The first-order chi connectivity index (χ1) is 30.3. The lowest BCUT2D eigenvalue weighted by Crippen LogP contribution is -2.15. The van der Waals surface area contributed by atoms with E-state index >= 15 is 0 Å². The van der Waals surface area contributed by atoms with Gasteiger partial charge >= 0.3 is 17.9 Å². The molecule has 9 heteroatoms. The van der Waals surface area contributed by atoms with Crippen molar-refractivity contribution >= 4 is 17.9 Å². The Labute approximate surface area is 377 Å². The van der Waals surface area contributed by atoms with Crippen LogP contribution in [0.4, 0.5) is 0 Å². The molecule has 1 aromatic rings. The van der Waals surface area contributed by atoms with Gasteiger partial charge in [-0.05, 0) is 135 Å². The molecule has 0 saturated carbocycles. The second kappa shape index (κ2) is 42.5. The largest absolute Gasteiger partial charge is 0.493 e. The molecule has 0 atom stereocenters. The van der Waals surface area contributed by atoms with Gasteiger partial charge in [-0.25, -0.2) is 0 Å². The summed E-state index contributed by atoms with van der Waals surface area (Å²) in [6.07, 6.45) is 48.5. The Hall–Kier alpha value is -3.85. The predicted octanol–water partition coefficient (Wildman–Crippen LogP) is 14.1. The van der Waals surface area contributed by atoms with Crippen molar-refractivity contribution in [2.45, 2.75) is 199 Å². The van der Waals surface area contributed by atoms with Crippen LogP contribution in [-0.4, -0.2) is 66.9 Å². The number of carboxylic acid groups (broad SMARTS) is 2. The minimum Gasteiger partial charge on any atom is -0.493 e. The van der Waals surface area contributed by atoms with Crippen molar-refractivity contribution in [1.82, 2.24) is 4.90 Å². The first-order valence-electron chi connectivity index (χ1n) is 24.5. The van der Waals surface area contributed by atoms with E-state index in [4.69, 9.17) is 24.4 Å². The molecule has 1 aromatic carbocycles. The Balaban J connectivity index is 2.27. The van der Waals surface area contributed by atoms with E-state index < -0.39 is 11.9 Å². The van der Waals surface area contributed by atoms with Crippen molar-refractivity contribution < 1.29 is 38.8 Å². The summed E-state index contributed by atoms with van der Waals surface area (Å²) < 4.78 is 18.0. The third kappa shape index (κ3) is 40.2. The molecule has 0 bridgehead atoms. The molecule has 1 rings (SSSR count). The number of carbonyl (C=O) groups is 3. The van der Waals surface area contributed by atoms with E-state index in [2.05, 4.69) is 53.5 Å². The third-order valence-electron chi connectivity index (χ3n) is 10.6. The van der Waals surface area contributed by atoms with Gasteiger partial charge in [0.25, 0.3) is 0 Å². The maximum Gasteiger partial charge on any atom is 0.306 e. The highest BCUT2D eigenvalue weighted by molar-refractivity contribution is 5.69. The minimum atomic E-state index is -0.690. The van der Waals surface area contributed by atoms with E-state index in [1.54, 1.807) is 0 Å². The first kappa shape index (κ1) is 56.2. The van der Waals surface area contributed by atoms with Crippen LogP contribution in [0, 0.1) is 0 Å². The zero-order valence-corrected chi connectivity index (χ0v) is 39.2. The second-order valence-electron chi connectivity index (χ2n) is 16.9. The molecule has 0 unspecified atom stereocenters. The van der Waals surface area contributed by atoms with Crippen LogP contribution in [-0.2, 0) is 25.7 Å². The summed E-state index contributed by atoms with van der Waals surface area (Å²) >= 11 is 0. The fraction of sp³-hybridized carbons (Fsp3) is 0.679. The highest BCUT2D eigenvalue weighted by Crippen LogP contribution is 2.25. The number of aliphatic carboxylic acids is 2. The molecule has 2 N–H and O–H groups in total. The van der Waals surface area contributed by atoms with Gasteiger partial charge in [-0.15, -0.1) is 0 Å². The van der Waals surface area contributed by atoms with Gasteiger partial charge in [0.05, 0.1) is 13.2 Å². The molecule has 0 aliphatic rings. The lowest BCUT2D eigenvalue weighted by molar-refractivity contribution is -0.145. The Kier molecular flexibility index (Phi) is 38.5. The number of rotatable bonds is 44. The molecule has 0 radical (unpaired) electrons. The molecule has 0 aliphatic carbocycles. The van der Waals surface area contributed by atoms with Crippen LogP contribution in [0.15, 0.2) is 66.8 Å². The van der Waals surface area contributed by atoms with Crippen molar-refractivity contribution in [1.29, 1.82) is 0 Å². The summed E-state index contributed by atoms with van der Waals surface area (Å²) in [5, 5.41) is 17.4. The molecule has 0 saturated heterocycles. The van der Waals surface area contributed by atoms with Gasteiger partial charge < -0.3 is 29.3 Å². The lowest BCUT2D eigenvalue weighted by atomic mass is 10.1. The zero-order chi connectivity index (χ0) is 45.0. The van der Waals surface area contributed by atoms with Crippen LogP contribution in [0.2, 0.25) is 0 Å². The molecule has 352 valence electrons. The minimum absolute atomic E-state index is 0.183. The van der Waals surface area contributed by atoms with Crippen LogP contribution < -0.4 is 9.47 Å². The van der Waals surface area contributed by atoms with Crippen molar-refractivity contribution in [3.8, 4) is 11.5 Å². The van der Waals surface area contributed by atoms with Gasteiger partial charge in [-0.2, -0.15) is 0 Å². The molecule has 0 aromatic heterocycles. The average Bonchev–Trinajstić information content (AvgIpc) is 3.24. The molecule has 0 aliphatic heterocycles. The standard InChI is InChI=1S/C53H87NO8/c1-54(2)41-37-40-53(59)62-47-48-44-49(60-42-35-31-27-23-19-15-11-7-3-5-9-13-17-21-25-29-33-38-51(55)56)46-50(45-48)61-43-36-32-28-24-20-16-12-8-4-6-10-14-18-22-26-30-34-39-52(57)58/h5-12,44-46H,3-4,13-43,47H2,1-2H3,(H,55,56)(H,57,58). The van der Waals surface area contributed by atoms with E-state index in [0.29, 0.717) is 32.5 Å². The molecule has 0 heterocycles. The number of nitrogens with zero attached hydrogens (tertiary/aromatic N) is 1. The van der Waals surface area contributed by atoms with Crippen molar-refractivity contribution in [3.63, 3.8) is 0 Å². The summed E-state index contributed by atoms with van der Waals surface area (Å²) in [5.41, 5.74) is 0.883. The molecule has 9 nitrogen and oxygen atoms in total. The van der Waals surface area contributed by atoms with Gasteiger partial charge in [0.15, 0.2) is 0 Å². The fourth-order valence-corrected chi connectivity index (χ4v) is 6.98. The van der Waals surface area contributed by atoms with Crippen molar-refractivity contribution in [3.05, 3.63) is 72.4 Å². The van der Waals surface area contributed by atoms with Gasteiger partial charge in [-0.3, -0.25) is 14.4 Å². The third-order valence-corrected chi connectivity index (χ3v) is 10.6. The molecular weight excluding hydrogens is 779 g/mol. The maximum absolute atomic E-state index is 12.4. The van der Waals surface area contributed by atoms with E-state index in [9.17, 15) is 14.4 Å². The molecule has 0 spiro atoms. The van der Waals surface area contributed by atoms with Crippen LogP contribution in [0.25, 0.3) is 0 Å². The van der Waals surface area contributed by atoms with Crippen LogP contribution >= 0.6 is 0 Å². The van der Waals surface area contributed by atoms with E-state index in [1.165, 1.54) is 64.2 Å². The highest BCUT2D eigenvalue weighted by Gasteiger charge is 2.09. The number of hydrogen-bond donors (Lipinski definition) is 2. The van der Waals surface area contributed by atoms with Crippen molar-refractivity contribution in [2.75, 3.05) is 33.9 Å². The van der Waals surface area contributed by atoms with E-state index in [1.807, 2.05) is 32.3 Å². The number of benzene rings is 1. The number of carboxylic acids is 2. The lowest BCUT2D eigenvalue weighted by Gasteiger charge is -2.13. The number of ether oxygens (including phenoxy) is 3. The van der Waals surface area contributed by atoms with Gasteiger partial charge in [0.1, 0.15) is 18.1 Å². The maximum atomic E-state index is 12.4. The van der Waals surface area contributed by atoms with Crippen LogP contribution in [0.5, 0.6) is 11.5 Å². The Morgan fingerprint density at radius 2 is 0.839 bits per heavy atom. The number of carbonyl (C=O) groups excluding carboxylic acids is 1. The van der Waals surface area contributed by atoms with Gasteiger partial charge in [0, 0.05) is 25.3 Å². The Morgan fingerprint density at radius 3 is 1.23 bits per heavy atom. The van der Waals surface area contributed by atoms with Crippen LogP contribution in [0.1, 0.15) is 198 Å². The summed E-state index contributed by atoms with van der Waals surface area (Å²) in [7, 11) is 4.01. The summed E-state index contributed by atoms with van der Waals surface area (Å²) in [4.78, 5) is 35.5. The normalized spacial score (nSPS) is 11.9. The molecule has 0 amide bonds. The number of hydrogen-bond acceptors (Lipinski definition) is 7. The van der Waals surface area contributed by atoms with Crippen LogP contribution in [0.3, 0.4) is 0 Å². The smallest absolute Gasteiger partial charge is 0.306 e. The Morgan fingerprint density at radius 1 is 0.468 bits per heavy atom. The average molecular weight is 866 g/mol. The number of unbranched alkanes of at least 4 members (excludes halogenated alkanes) is 20. The fourth-order valence-electron chi connectivity index (χ4n) is 6.98. The van der Waals surface area contributed by atoms with Gasteiger partial charge in [-0.1, -0.05) is 126 Å². The molecule has 62 heavy (non-hydrogen) atoms. The number of allylic oxidation sites excluding steroid dienone is 8. The second-order valence-corrected chi connectivity index (χ2v) is 16.9. The predicted molar refractivity (Wildman–Crippen MR) is 256 cm³/mol. The van der Waals surface area contributed by atoms with E-state index in [0.717, 1.165) is 133 Å². The summed E-state index contributed by atoms with van der Waals surface area (Å²) in [5.74, 6) is -0.0383. The summed E-state index contributed by atoms with van der Waals surface area (Å²) in [6.45, 7) is 2.36. The molecule has 0 fully saturated rings. The Bertz CT molecular complexity index is 1280. The quantitative estimate of drug-likeness (QED) is 0.0375. The SMILES string of the molecule is CN(C)CCCC(=O)OCc1cc(OCCCCCCCC=CCC=CCCCCCCCC(=O)O)cc(OCCCCCCCC=CCC=CCCCCCCCC(=O)O)c1. The zero-order valence-electron chi connectivity index (χ0n) is 39.2. The summed E-state index contributed by atoms with van der Waals surface area (Å²) in [6, 6.07) is 5.90. The monoisotopic (exact) mass is 866 g/mol. The highest BCUT2D eigenvalue weighted by atomic mass is 16.5. The first-order valence-corrected chi connectivity index (χ1v) is 24.5. The topological polar surface area (TPSA) is 123 Å². The van der Waals surface area contributed by atoms with E-state index in [-0.39, 0.29) is 12.6 Å². The van der Waals surface area contributed by atoms with Crippen molar-refractivity contribution in [2.24, 2.45) is 0 Å². The number of esters is 1. The molecular formula is C53H87NO8.